The highest BCUT2D eigenvalue weighted by Crippen LogP contribution is 2.66. The molecule has 1 aromatic heterocycles. The van der Waals surface area contributed by atoms with Crippen LogP contribution < -0.4 is 32.8 Å². The average molecular weight is 967 g/mol. The predicted octanol–water partition coefficient (Wildman–Crippen LogP) is 14.2. The molecule has 4 aliphatic rings. The molecule has 0 N–H and O–H groups in total. The Labute approximate surface area is 441 Å². The lowest BCUT2D eigenvalue weighted by Crippen LogP contribution is -2.57. The number of fused-ring (bicyclic) bond motifs is 3. The Balaban J connectivity index is 0.872. The highest BCUT2D eigenvalue weighted by atomic mass is 32.1. The summed E-state index contributed by atoms with van der Waals surface area (Å²) in [6.45, 7) is 27.9. The van der Waals surface area contributed by atoms with Crippen LogP contribution in [0, 0.1) is 94.9 Å². The second kappa shape index (κ2) is 17.9. The zero-order valence-corrected chi connectivity index (χ0v) is 46.5. The van der Waals surface area contributed by atoms with Gasteiger partial charge in [-0.2, -0.15) is 0 Å². The van der Waals surface area contributed by atoms with Gasteiger partial charge in [0.15, 0.2) is 0 Å². The Bertz CT molecular complexity index is 3460. The molecule has 8 aromatic carbocycles. The van der Waals surface area contributed by atoms with Gasteiger partial charge in [-0.1, -0.05) is 215 Å². The van der Waals surface area contributed by atoms with Crippen molar-refractivity contribution in [3.63, 3.8) is 0 Å². The maximum atomic E-state index is 2.58. The molecular weight excluding hydrogens is 894 g/mol. The van der Waals surface area contributed by atoms with Gasteiger partial charge in [-0.3, -0.25) is 0 Å². The molecule has 0 radical (unpaired) electrons. The molecule has 2 atom stereocenters. The Morgan fingerprint density at radius 3 is 1.10 bits per heavy atom. The Morgan fingerprint density at radius 1 is 0.356 bits per heavy atom. The molecule has 3 heteroatoms. The van der Waals surface area contributed by atoms with E-state index in [1.807, 2.05) is 11.3 Å². The number of hydrogen-bond donors (Lipinski definition) is 0. The molecule has 0 spiro atoms. The van der Waals surface area contributed by atoms with Crippen LogP contribution in [0.2, 0.25) is 0 Å². The minimum atomic E-state index is 0.155. The largest absolute Gasteiger partial charge is 0.242 e. The molecule has 2 unspecified atom stereocenters. The van der Waals surface area contributed by atoms with Crippen molar-refractivity contribution in [2.45, 2.75) is 132 Å². The third-order valence-electron chi connectivity index (χ3n) is 18.7. The van der Waals surface area contributed by atoms with Crippen molar-refractivity contribution in [3.05, 3.63) is 211 Å². The highest BCUT2D eigenvalue weighted by molar-refractivity contribution is 7.25. The summed E-state index contributed by atoms with van der Waals surface area (Å²) in [4.78, 5) is 0. The molecule has 9 aromatic rings. The first-order chi connectivity index (χ1) is 35.0. The van der Waals surface area contributed by atoms with E-state index < -0.39 is 0 Å². The van der Waals surface area contributed by atoms with Crippen LogP contribution in [-0.4, -0.2) is 13.4 Å². The summed E-state index contributed by atoms with van der Waals surface area (Å²) in [7, 11) is 0. The lowest BCUT2D eigenvalue weighted by molar-refractivity contribution is -0.0281. The molecule has 4 fully saturated rings. The maximum absolute atomic E-state index is 2.58. The monoisotopic (exact) mass is 967 g/mol. The van der Waals surface area contributed by atoms with Crippen LogP contribution in [0.15, 0.2) is 133 Å². The lowest BCUT2D eigenvalue weighted by Gasteiger charge is -2.63. The van der Waals surface area contributed by atoms with Crippen LogP contribution >= 0.6 is 11.3 Å². The van der Waals surface area contributed by atoms with Gasteiger partial charge in [0.05, 0.1) is 0 Å². The van der Waals surface area contributed by atoms with Gasteiger partial charge in [0.25, 0.3) is 0 Å². The summed E-state index contributed by atoms with van der Waals surface area (Å²) >= 11 is 1.93. The van der Waals surface area contributed by atoms with Gasteiger partial charge in [-0.05, 0) is 190 Å². The molecule has 0 amide bonds. The first-order valence-corrected chi connectivity index (χ1v) is 28.3. The lowest BCUT2D eigenvalue weighted by atomic mass is 9.34. The Hall–Kier alpha value is -5.89. The van der Waals surface area contributed by atoms with Gasteiger partial charge in [0, 0.05) is 14.8 Å². The van der Waals surface area contributed by atoms with E-state index in [0.29, 0.717) is 0 Å². The fourth-order valence-corrected chi connectivity index (χ4v) is 17.7. The van der Waals surface area contributed by atoms with Crippen molar-refractivity contribution >= 4 is 77.7 Å². The number of rotatable bonds is 9. The van der Waals surface area contributed by atoms with E-state index in [1.165, 1.54) is 169 Å². The van der Waals surface area contributed by atoms with E-state index in [2.05, 4.69) is 217 Å². The SMILES string of the molecule is Cc1cc(C)c(B(c2ccc(C34CC5CC(C3)CC(c3ccc(-c6ccc7sc8ccc(B(c9c(C)cc(C)cc9C)c9c(C)cc(C)cc9C)cc8c7c6)cc3)(C5)C4)cc2)c2c(C)cc(C)cc2C)c(C)c1. The van der Waals surface area contributed by atoms with Crippen molar-refractivity contribution in [3.8, 4) is 11.1 Å². The van der Waals surface area contributed by atoms with Crippen molar-refractivity contribution in [1.29, 1.82) is 0 Å². The average Bonchev–Trinajstić information content (AvgIpc) is 3.69. The van der Waals surface area contributed by atoms with Gasteiger partial charge in [-0.25, -0.2) is 0 Å². The van der Waals surface area contributed by atoms with Crippen LogP contribution in [0.25, 0.3) is 31.3 Å². The highest BCUT2D eigenvalue weighted by Gasteiger charge is 2.58. The van der Waals surface area contributed by atoms with Crippen molar-refractivity contribution in [1.82, 2.24) is 0 Å². The number of hydrogen-bond acceptors (Lipinski definition) is 1. The number of benzene rings is 8. The summed E-state index contributed by atoms with van der Waals surface area (Å²) in [6.07, 6.45) is 8.02. The molecule has 4 bridgehead atoms. The Morgan fingerprint density at radius 2 is 0.685 bits per heavy atom. The standard InChI is InChI=1S/C70H72B2S/c1-41-25-45(5)65(46(6)26-41)71(66-47(7)27-42(2)28-48(66)8)59-20-18-58(19-21-59)70-38-53-33-54(39-70)37-69(36-53,40-70)57-16-13-55(14-17-57)56-15-23-63-61(34-56)62-35-60(22-24-64(62)73-63)72(67-49(9)29-43(3)30-50(67)10)68-51(11)31-44(4)32-52(68)12/h13-32,34-35,53-54H,33,36-40H2,1-12H3. The first kappa shape index (κ1) is 48.1. The molecular formula is C70H72B2S. The minimum Gasteiger partial charge on any atom is -0.135 e. The quantitative estimate of drug-likeness (QED) is 0.126. The number of aryl methyl sites for hydroxylation is 12. The molecule has 0 saturated heterocycles. The molecule has 0 aliphatic heterocycles. The van der Waals surface area contributed by atoms with Crippen LogP contribution in [-0.2, 0) is 10.8 Å². The van der Waals surface area contributed by atoms with E-state index in [4.69, 9.17) is 0 Å². The van der Waals surface area contributed by atoms with E-state index in [9.17, 15) is 0 Å². The zero-order chi connectivity index (χ0) is 50.8. The van der Waals surface area contributed by atoms with Crippen LogP contribution in [0.4, 0.5) is 0 Å². The number of thiophene rings is 1. The van der Waals surface area contributed by atoms with Crippen LogP contribution in [0.5, 0.6) is 0 Å². The molecule has 1 heterocycles. The molecule has 4 saturated carbocycles. The maximum Gasteiger partial charge on any atom is 0.242 e. The van der Waals surface area contributed by atoms with E-state index in [0.717, 1.165) is 11.8 Å². The first-order valence-electron chi connectivity index (χ1n) is 27.4. The van der Waals surface area contributed by atoms with Gasteiger partial charge in [-0.15, -0.1) is 11.3 Å². The van der Waals surface area contributed by atoms with Crippen LogP contribution in [0.3, 0.4) is 0 Å². The second-order valence-electron chi connectivity index (χ2n) is 24.4. The predicted molar refractivity (Wildman–Crippen MR) is 321 cm³/mol. The minimum absolute atomic E-state index is 0.155. The van der Waals surface area contributed by atoms with Gasteiger partial charge in [0.2, 0.25) is 13.4 Å². The van der Waals surface area contributed by atoms with Crippen molar-refractivity contribution < 1.29 is 0 Å². The van der Waals surface area contributed by atoms with E-state index in [1.54, 1.807) is 11.1 Å². The molecule has 73 heavy (non-hydrogen) atoms. The van der Waals surface area contributed by atoms with Crippen LogP contribution in [0.1, 0.15) is 116 Å². The topological polar surface area (TPSA) is 0 Å². The normalized spacial score (nSPS) is 20.1. The van der Waals surface area contributed by atoms with E-state index >= 15 is 0 Å². The van der Waals surface area contributed by atoms with Gasteiger partial charge in [0.1, 0.15) is 0 Å². The third-order valence-corrected chi connectivity index (χ3v) is 19.8. The summed E-state index contributed by atoms with van der Waals surface area (Å²) in [5.74, 6) is 1.58. The fourth-order valence-electron chi connectivity index (χ4n) is 16.7. The van der Waals surface area contributed by atoms with Crippen molar-refractivity contribution in [2.24, 2.45) is 11.8 Å². The fraction of sp³-hybridized carbons (Fsp3) is 0.314. The summed E-state index contributed by atoms with van der Waals surface area (Å²) < 4.78 is 2.72. The molecule has 4 aliphatic carbocycles. The zero-order valence-electron chi connectivity index (χ0n) is 45.7. The molecule has 13 rings (SSSR count). The van der Waals surface area contributed by atoms with Gasteiger partial charge < -0.3 is 0 Å². The summed E-state index contributed by atoms with van der Waals surface area (Å²) in [6, 6.07) is 53.9. The van der Waals surface area contributed by atoms with Gasteiger partial charge >= 0.3 is 0 Å². The Kier molecular flexibility index (Phi) is 11.8. The molecule has 0 nitrogen and oxygen atoms in total. The smallest absolute Gasteiger partial charge is 0.135 e. The van der Waals surface area contributed by atoms with E-state index in [-0.39, 0.29) is 24.3 Å². The second-order valence-corrected chi connectivity index (χ2v) is 25.5. The summed E-state index contributed by atoms with van der Waals surface area (Å²) in [5, 5.41) is 2.74. The summed E-state index contributed by atoms with van der Waals surface area (Å²) in [5.41, 5.74) is 31.3. The van der Waals surface area contributed by atoms with Crippen molar-refractivity contribution in [2.75, 3.05) is 0 Å². The third kappa shape index (κ3) is 8.19. The molecule has 364 valence electrons.